The van der Waals surface area contributed by atoms with E-state index < -0.39 is 11.9 Å². The molecule has 7 heteroatoms. The van der Waals surface area contributed by atoms with Crippen LogP contribution >= 0.6 is 0 Å². The SMILES string of the molecule is FC(F)(F)c1cccc(NCc2cccnn2)n1. The highest BCUT2D eigenvalue weighted by atomic mass is 19.4. The van der Waals surface area contributed by atoms with Crippen molar-refractivity contribution in [3.05, 3.63) is 47.9 Å². The molecule has 0 unspecified atom stereocenters. The van der Waals surface area contributed by atoms with Crippen molar-refractivity contribution in [3.8, 4) is 0 Å². The molecule has 1 N–H and O–H groups in total. The fourth-order valence-corrected chi connectivity index (χ4v) is 1.30. The van der Waals surface area contributed by atoms with Gasteiger partial charge in [0.2, 0.25) is 0 Å². The molecule has 0 spiro atoms. The van der Waals surface area contributed by atoms with Crippen molar-refractivity contribution < 1.29 is 13.2 Å². The van der Waals surface area contributed by atoms with Crippen LogP contribution in [0.25, 0.3) is 0 Å². The van der Waals surface area contributed by atoms with Gasteiger partial charge in [0.15, 0.2) is 0 Å². The number of anilines is 1. The summed E-state index contributed by atoms with van der Waals surface area (Å²) in [6.07, 6.45) is -2.92. The molecular formula is C11H9F3N4. The third kappa shape index (κ3) is 3.16. The number of pyridine rings is 1. The van der Waals surface area contributed by atoms with Crippen LogP contribution in [0.3, 0.4) is 0 Å². The standard InChI is InChI=1S/C11H9F3N4/c12-11(13,14)9-4-1-5-10(17-9)15-7-8-3-2-6-16-18-8/h1-6H,7H2,(H,15,17). The first kappa shape index (κ1) is 12.3. The fourth-order valence-electron chi connectivity index (χ4n) is 1.30. The highest BCUT2D eigenvalue weighted by Gasteiger charge is 2.32. The summed E-state index contributed by atoms with van der Waals surface area (Å²) in [4.78, 5) is 3.47. The van der Waals surface area contributed by atoms with E-state index in [1.165, 1.54) is 18.3 Å². The Morgan fingerprint density at radius 1 is 1.11 bits per heavy atom. The third-order valence-electron chi connectivity index (χ3n) is 2.12. The van der Waals surface area contributed by atoms with Crippen LogP contribution in [0.5, 0.6) is 0 Å². The fraction of sp³-hybridized carbons (Fsp3) is 0.182. The molecule has 0 aliphatic carbocycles. The Labute approximate surface area is 101 Å². The van der Waals surface area contributed by atoms with Gasteiger partial charge in [0, 0.05) is 6.20 Å². The first-order valence-electron chi connectivity index (χ1n) is 5.10. The van der Waals surface area contributed by atoms with Gasteiger partial charge >= 0.3 is 6.18 Å². The Bertz CT molecular complexity index is 513. The minimum Gasteiger partial charge on any atom is -0.364 e. The number of hydrogen-bond acceptors (Lipinski definition) is 4. The van der Waals surface area contributed by atoms with Crippen LogP contribution in [0.4, 0.5) is 19.0 Å². The van der Waals surface area contributed by atoms with E-state index in [1.54, 1.807) is 12.1 Å². The van der Waals surface area contributed by atoms with E-state index in [4.69, 9.17) is 0 Å². The third-order valence-corrected chi connectivity index (χ3v) is 2.12. The van der Waals surface area contributed by atoms with Crippen LogP contribution in [0.15, 0.2) is 36.5 Å². The predicted octanol–water partition coefficient (Wildman–Crippen LogP) is 2.50. The Balaban J connectivity index is 2.06. The molecule has 0 radical (unpaired) electrons. The van der Waals surface area contributed by atoms with Gasteiger partial charge < -0.3 is 5.32 Å². The summed E-state index contributed by atoms with van der Waals surface area (Å²) in [6.45, 7) is 0.266. The number of alkyl halides is 3. The molecule has 2 aromatic heterocycles. The number of rotatable bonds is 3. The Kier molecular flexibility index (Phi) is 3.40. The van der Waals surface area contributed by atoms with Crippen LogP contribution in [-0.2, 0) is 12.7 Å². The number of hydrogen-bond donors (Lipinski definition) is 1. The molecule has 0 aliphatic rings. The monoisotopic (exact) mass is 254 g/mol. The van der Waals surface area contributed by atoms with Crippen molar-refractivity contribution in [1.82, 2.24) is 15.2 Å². The normalized spacial score (nSPS) is 11.3. The molecule has 2 rings (SSSR count). The van der Waals surface area contributed by atoms with Gasteiger partial charge in [-0.15, -0.1) is 0 Å². The lowest BCUT2D eigenvalue weighted by Gasteiger charge is -2.08. The van der Waals surface area contributed by atoms with Gasteiger partial charge in [0.1, 0.15) is 11.5 Å². The van der Waals surface area contributed by atoms with Crippen molar-refractivity contribution in [2.24, 2.45) is 0 Å². The van der Waals surface area contributed by atoms with E-state index in [9.17, 15) is 13.2 Å². The average Bonchev–Trinajstić information content (AvgIpc) is 2.37. The second kappa shape index (κ2) is 4.99. The minimum absolute atomic E-state index is 0.149. The van der Waals surface area contributed by atoms with E-state index in [0.29, 0.717) is 5.69 Å². The number of aromatic nitrogens is 3. The highest BCUT2D eigenvalue weighted by molar-refractivity contribution is 5.36. The summed E-state index contributed by atoms with van der Waals surface area (Å²) in [5, 5.41) is 10.2. The molecule has 0 atom stereocenters. The van der Waals surface area contributed by atoms with Gasteiger partial charge in [-0.2, -0.15) is 23.4 Å². The van der Waals surface area contributed by atoms with Gasteiger partial charge in [-0.3, -0.25) is 0 Å². The van der Waals surface area contributed by atoms with Crippen LogP contribution in [0.1, 0.15) is 11.4 Å². The van der Waals surface area contributed by atoms with Gasteiger partial charge in [-0.05, 0) is 24.3 Å². The van der Waals surface area contributed by atoms with Gasteiger partial charge in [0.05, 0.1) is 12.2 Å². The number of halogens is 3. The van der Waals surface area contributed by atoms with E-state index in [1.807, 2.05) is 0 Å². The Morgan fingerprint density at radius 3 is 2.61 bits per heavy atom. The van der Waals surface area contributed by atoms with Crippen LogP contribution < -0.4 is 5.32 Å². The van der Waals surface area contributed by atoms with E-state index >= 15 is 0 Å². The lowest BCUT2D eigenvalue weighted by atomic mass is 10.3. The molecule has 2 aromatic rings. The lowest BCUT2D eigenvalue weighted by Crippen LogP contribution is -2.10. The number of nitrogens with one attached hydrogen (secondary N) is 1. The van der Waals surface area contributed by atoms with Crippen LogP contribution in [0.2, 0.25) is 0 Å². The molecule has 18 heavy (non-hydrogen) atoms. The van der Waals surface area contributed by atoms with E-state index in [2.05, 4.69) is 20.5 Å². The predicted molar refractivity (Wildman–Crippen MR) is 58.6 cm³/mol. The Morgan fingerprint density at radius 2 is 1.94 bits per heavy atom. The molecule has 0 amide bonds. The van der Waals surface area contributed by atoms with Crippen LogP contribution in [0, 0.1) is 0 Å². The van der Waals surface area contributed by atoms with E-state index in [-0.39, 0.29) is 12.4 Å². The molecule has 4 nitrogen and oxygen atoms in total. The summed E-state index contributed by atoms with van der Waals surface area (Å²) in [6, 6.07) is 7.10. The molecular weight excluding hydrogens is 245 g/mol. The van der Waals surface area contributed by atoms with Crippen molar-refractivity contribution in [2.75, 3.05) is 5.32 Å². The highest BCUT2D eigenvalue weighted by Crippen LogP contribution is 2.28. The zero-order valence-electron chi connectivity index (χ0n) is 9.15. The molecule has 0 aromatic carbocycles. The Hall–Kier alpha value is -2.18. The maximum Gasteiger partial charge on any atom is 0.433 e. The molecule has 0 fully saturated rings. The van der Waals surface area contributed by atoms with Crippen molar-refractivity contribution in [1.29, 1.82) is 0 Å². The summed E-state index contributed by atoms with van der Waals surface area (Å²) < 4.78 is 37.3. The number of nitrogens with zero attached hydrogens (tertiary/aromatic N) is 3. The van der Waals surface area contributed by atoms with Gasteiger partial charge in [-0.25, -0.2) is 4.98 Å². The van der Waals surface area contributed by atoms with Gasteiger partial charge in [0.25, 0.3) is 0 Å². The largest absolute Gasteiger partial charge is 0.433 e. The zero-order valence-corrected chi connectivity index (χ0v) is 9.15. The first-order valence-corrected chi connectivity index (χ1v) is 5.10. The molecule has 0 bridgehead atoms. The maximum absolute atomic E-state index is 12.4. The summed E-state index contributed by atoms with van der Waals surface area (Å²) in [5.74, 6) is 0.149. The second-order valence-corrected chi connectivity index (χ2v) is 3.47. The van der Waals surface area contributed by atoms with Gasteiger partial charge in [-0.1, -0.05) is 6.07 Å². The smallest absolute Gasteiger partial charge is 0.364 e. The minimum atomic E-state index is -4.44. The molecule has 0 aliphatic heterocycles. The molecule has 0 saturated heterocycles. The molecule has 2 heterocycles. The second-order valence-electron chi connectivity index (χ2n) is 3.47. The lowest BCUT2D eigenvalue weighted by molar-refractivity contribution is -0.141. The quantitative estimate of drug-likeness (QED) is 0.914. The summed E-state index contributed by atoms with van der Waals surface area (Å²) in [5.41, 5.74) is -0.302. The van der Waals surface area contributed by atoms with Crippen molar-refractivity contribution in [2.45, 2.75) is 12.7 Å². The summed E-state index contributed by atoms with van der Waals surface area (Å²) >= 11 is 0. The van der Waals surface area contributed by atoms with Crippen molar-refractivity contribution in [3.63, 3.8) is 0 Å². The topological polar surface area (TPSA) is 50.7 Å². The molecule has 0 saturated carbocycles. The zero-order chi connectivity index (χ0) is 13.0. The van der Waals surface area contributed by atoms with Crippen molar-refractivity contribution >= 4 is 5.82 Å². The average molecular weight is 254 g/mol. The first-order chi connectivity index (χ1) is 8.55. The van der Waals surface area contributed by atoms with E-state index in [0.717, 1.165) is 6.07 Å². The molecule has 94 valence electrons. The maximum atomic E-state index is 12.4. The summed E-state index contributed by atoms with van der Waals surface area (Å²) in [7, 11) is 0. The van der Waals surface area contributed by atoms with Crippen LogP contribution in [-0.4, -0.2) is 15.2 Å².